The monoisotopic (exact) mass is 231 g/mol. The molecule has 0 saturated carbocycles. The maximum Gasteiger partial charge on any atom is 0.297 e. The number of primary amides is 1. The fraction of sp³-hybridized carbons (Fsp3) is 0.375. The molecule has 1 aromatic heterocycles. The Balaban J connectivity index is 3.00. The highest BCUT2D eigenvalue weighted by Crippen LogP contribution is 2.14. The van der Waals surface area contributed by atoms with Crippen LogP contribution in [-0.4, -0.2) is 22.6 Å². The zero-order chi connectivity index (χ0) is 11.4. The van der Waals surface area contributed by atoms with Crippen LogP contribution in [0.4, 0.5) is 0 Å². The molecule has 1 rings (SSSR count). The lowest BCUT2D eigenvalue weighted by molar-refractivity contribution is -0.118. The van der Waals surface area contributed by atoms with Gasteiger partial charge in [0.25, 0.3) is 5.56 Å². The SMILES string of the molecule is COc1c(Cl)ncn(CCC(N)=O)c1=O. The Kier molecular flexibility index (Phi) is 3.68. The number of carbonyl (C=O) groups excluding carboxylic acids is 1. The van der Waals surface area contributed by atoms with Crippen molar-refractivity contribution in [2.45, 2.75) is 13.0 Å². The maximum atomic E-state index is 11.6. The number of halogens is 1. The van der Waals surface area contributed by atoms with Gasteiger partial charge in [0.1, 0.15) is 0 Å². The molecule has 1 aromatic rings. The summed E-state index contributed by atoms with van der Waals surface area (Å²) in [7, 11) is 1.32. The molecule has 0 aliphatic rings. The summed E-state index contributed by atoms with van der Waals surface area (Å²) in [5.74, 6) is -0.528. The molecule has 0 spiro atoms. The van der Waals surface area contributed by atoms with Gasteiger partial charge in [0.2, 0.25) is 11.7 Å². The zero-order valence-electron chi connectivity index (χ0n) is 8.07. The molecule has 0 unspecified atom stereocenters. The topological polar surface area (TPSA) is 87.2 Å². The highest BCUT2D eigenvalue weighted by molar-refractivity contribution is 6.30. The first-order valence-electron chi connectivity index (χ1n) is 4.13. The van der Waals surface area contributed by atoms with E-state index in [1.807, 2.05) is 0 Å². The first kappa shape index (κ1) is 11.5. The molecule has 82 valence electrons. The highest BCUT2D eigenvalue weighted by atomic mass is 35.5. The number of nitrogens with two attached hydrogens (primary N) is 1. The van der Waals surface area contributed by atoms with E-state index < -0.39 is 11.5 Å². The average molecular weight is 232 g/mol. The molecule has 7 heteroatoms. The summed E-state index contributed by atoms with van der Waals surface area (Å²) in [6, 6.07) is 0. The summed E-state index contributed by atoms with van der Waals surface area (Å²) < 4.78 is 6.00. The molecule has 1 heterocycles. The molecule has 0 aliphatic heterocycles. The largest absolute Gasteiger partial charge is 0.489 e. The average Bonchev–Trinajstić information content (AvgIpc) is 2.17. The lowest BCUT2D eigenvalue weighted by Gasteiger charge is -2.06. The van der Waals surface area contributed by atoms with Gasteiger partial charge in [0, 0.05) is 13.0 Å². The van der Waals surface area contributed by atoms with Crippen LogP contribution in [0.3, 0.4) is 0 Å². The third-order valence-corrected chi connectivity index (χ3v) is 2.03. The minimum absolute atomic E-state index is 0.00201. The van der Waals surface area contributed by atoms with Crippen molar-refractivity contribution < 1.29 is 9.53 Å². The smallest absolute Gasteiger partial charge is 0.297 e. The summed E-state index contributed by atoms with van der Waals surface area (Å²) >= 11 is 5.62. The normalized spacial score (nSPS) is 10.0. The lowest BCUT2D eigenvalue weighted by atomic mass is 10.4. The van der Waals surface area contributed by atoms with Gasteiger partial charge in [0.05, 0.1) is 13.4 Å². The van der Waals surface area contributed by atoms with E-state index in [-0.39, 0.29) is 23.9 Å². The first-order valence-corrected chi connectivity index (χ1v) is 4.51. The third kappa shape index (κ3) is 2.69. The lowest BCUT2D eigenvalue weighted by Crippen LogP contribution is -2.24. The standard InChI is InChI=1S/C8H10ClN3O3/c1-15-6-7(9)11-4-12(8(6)14)3-2-5(10)13/h4H,2-3H2,1H3,(H2,10,13). The Morgan fingerprint density at radius 2 is 2.40 bits per heavy atom. The fourth-order valence-electron chi connectivity index (χ4n) is 1.01. The van der Waals surface area contributed by atoms with Gasteiger partial charge in [-0.25, -0.2) is 4.98 Å². The van der Waals surface area contributed by atoms with Crippen LogP contribution in [0.1, 0.15) is 6.42 Å². The number of ether oxygens (including phenoxy) is 1. The van der Waals surface area contributed by atoms with Gasteiger partial charge in [-0.15, -0.1) is 0 Å². The van der Waals surface area contributed by atoms with E-state index in [4.69, 9.17) is 22.1 Å². The van der Waals surface area contributed by atoms with Gasteiger partial charge >= 0.3 is 0 Å². The number of aromatic nitrogens is 2. The van der Waals surface area contributed by atoms with Crippen molar-refractivity contribution in [3.63, 3.8) is 0 Å². The van der Waals surface area contributed by atoms with Crippen molar-refractivity contribution in [3.05, 3.63) is 21.8 Å². The Labute approximate surface area is 90.6 Å². The molecule has 0 saturated heterocycles. The molecule has 2 N–H and O–H groups in total. The van der Waals surface area contributed by atoms with E-state index in [9.17, 15) is 9.59 Å². The number of hydrogen-bond acceptors (Lipinski definition) is 4. The van der Waals surface area contributed by atoms with E-state index in [2.05, 4.69) is 4.98 Å². The summed E-state index contributed by atoms with van der Waals surface area (Å²) in [5, 5.41) is -0.00201. The van der Waals surface area contributed by atoms with Crippen molar-refractivity contribution in [2.75, 3.05) is 7.11 Å². The highest BCUT2D eigenvalue weighted by Gasteiger charge is 2.10. The van der Waals surface area contributed by atoms with Gasteiger partial charge in [-0.3, -0.25) is 14.2 Å². The van der Waals surface area contributed by atoms with Crippen LogP contribution in [-0.2, 0) is 11.3 Å². The van der Waals surface area contributed by atoms with Crippen LogP contribution >= 0.6 is 11.6 Å². The number of carbonyl (C=O) groups is 1. The number of hydrogen-bond donors (Lipinski definition) is 1. The van der Waals surface area contributed by atoms with E-state index in [1.54, 1.807) is 0 Å². The van der Waals surface area contributed by atoms with Crippen LogP contribution in [0.2, 0.25) is 5.15 Å². The number of aryl methyl sites for hydroxylation is 1. The Hall–Kier alpha value is -1.56. The molecule has 1 amide bonds. The van der Waals surface area contributed by atoms with Crippen molar-refractivity contribution in [2.24, 2.45) is 5.73 Å². The Bertz CT molecular complexity index is 430. The van der Waals surface area contributed by atoms with E-state index in [1.165, 1.54) is 18.0 Å². The second kappa shape index (κ2) is 4.79. The molecule has 6 nitrogen and oxygen atoms in total. The van der Waals surface area contributed by atoms with Crippen molar-refractivity contribution in [3.8, 4) is 5.75 Å². The van der Waals surface area contributed by atoms with E-state index in [0.29, 0.717) is 0 Å². The van der Waals surface area contributed by atoms with Gasteiger partial charge in [-0.1, -0.05) is 11.6 Å². The van der Waals surface area contributed by atoms with Crippen LogP contribution in [0.25, 0.3) is 0 Å². The van der Waals surface area contributed by atoms with E-state index in [0.717, 1.165) is 0 Å². The molecule has 0 atom stereocenters. The predicted octanol–water partition coefficient (Wildman–Crippen LogP) is -0.219. The predicted molar refractivity (Wildman–Crippen MR) is 53.9 cm³/mol. The molecule has 0 aliphatic carbocycles. The molecule has 0 bridgehead atoms. The molecule has 15 heavy (non-hydrogen) atoms. The number of nitrogens with zero attached hydrogens (tertiary/aromatic N) is 2. The second-order valence-electron chi connectivity index (χ2n) is 2.78. The first-order chi connectivity index (χ1) is 7.06. The van der Waals surface area contributed by atoms with Gasteiger partial charge < -0.3 is 10.5 Å². The number of rotatable bonds is 4. The fourth-order valence-corrected chi connectivity index (χ4v) is 1.21. The third-order valence-electron chi connectivity index (χ3n) is 1.76. The van der Waals surface area contributed by atoms with Gasteiger partial charge in [-0.2, -0.15) is 0 Å². The zero-order valence-corrected chi connectivity index (χ0v) is 8.82. The molecule has 0 aromatic carbocycles. The van der Waals surface area contributed by atoms with E-state index >= 15 is 0 Å². The van der Waals surface area contributed by atoms with Gasteiger partial charge in [0.15, 0.2) is 5.15 Å². The number of methoxy groups -OCH3 is 1. The van der Waals surface area contributed by atoms with Crippen LogP contribution in [0.15, 0.2) is 11.1 Å². The van der Waals surface area contributed by atoms with Crippen molar-refractivity contribution >= 4 is 17.5 Å². The number of amides is 1. The van der Waals surface area contributed by atoms with Crippen molar-refractivity contribution in [1.82, 2.24) is 9.55 Å². The second-order valence-corrected chi connectivity index (χ2v) is 3.14. The van der Waals surface area contributed by atoms with Crippen molar-refractivity contribution in [1.29, 1.82) is 0 Å². The molecule has 0 fully saturated rings. The maximum absolute atomic E-state index is 11.6. The summed E-state index contributed by atoms with van der Waals surface area (Å²) in [6.07, 6.45) is 1.31. The summed E-state index contributed by atoms with van der Waals surface area (Å²) in [6.45, 7) is 0.161. The Morgan fingerprint density at radius 1 is 1.73 bits per heavy atom. The van der Waals surface area contributed by atoms with Crippen LogP contribution in [0.5, 0.6) is 5.75 Å². The van der Waals surface area contributed by atoms with Crippen LogP contribution < -0.4 is 16.0 Å². The molecular weight excluding hydrogens is 222 g/mol. The summed E-state index contributed by atoms with van der Waals surface area (Å²) in [4.78, 5) is 25.9. The molecule has 0 radical (unpaired) electrons. The van der Waals surface area contributed by atoms with Crippen LogP contribution in [0, 0.1) is 0 Å². The minimum Gasteiger partial charge on any atom is -0.489 e. The minimum atomic E-state index is -0.490. The molecular formula is C8H10ClN3O3. The summed E-state index contributed by atoms with van der Waals surface area (Å²) in [5.41, 5.74) is 4.53. The Morgan fingerprint density at radius 3 is 2.93 bits per heavy atom. The van der Waals surface area contributed by atoms with Gasteiger partial charge in [-0.05, 0) is 0 Å². The quantitative estimate of drug-likeness (QED) is 0.726.